The Morgan fingerprint density at radius 3 is 2.78 bits per heavy atom. The van der Waals surface area contributed by atoms with Gasteiger partial charge in [0.2, 0.25) is 11.8 Å². The van der Waals surface area contributed by atoms with Crippen molar-refractivity contribution < 1.29 is 4.74 Å². The number of hydrogen-bond acceptors (Lipinski definition) is 4. The Balaban J connectivity index is 2.24. The van der Waals surface area contributed by atoms with Gasteiger partial charge < -0.3 is 10.1 Å². The molecule has 0 unspecified atom stereocenters. The molecule has 1 heterocycles. The Kier molecular flexibility index (Phi) is 3.77. The maximum atomic E-state index is 5.75. The van der Waals surface area contributed by atoms with E-state index in [1.54, 1.807) is 7.05 Å². The zero-order valence-electron chi connectivity index (χ0n) is 10.9. The number of rotatable bonds is 4. The summed E-state index contributed by atoms with van der Waals surface area (Å²) in [7, 11) is 1.79. The van der Waals surface area contributed by atoms with Gasteiger partial charge in [-0.25, -0.2) is 4.98 Å². The molecule has 0 aliphatic carbocycles. The van der Waals surface area contributed by atoms with E-state index in [1.165, 1.54) is 5.56 Å². The summed E-state index contributed by atoms with van der Waals surface area (Å²) in [5, 5.41) is 2.91. The van der Waals surface area contributed by atoms with E-state index in [9.17, 15) is 0 Å². The van der Waals surface area contributed by atoms with E-state index in [-0.39, 0.29) is 0 Å². The lowest BCUT2D eigenvalue weighted by atomic mass is 10.2. The number of hydrogen-bond donors (Lipinski definition) is 1. The smallest absolute Gasteiger partial charge is 0.225 e. The van der Waals surface area contributed by atoms with Crippen LogP contribution in [0.25, 0.3) is 0 Å². The van der Waals surface area contributed by atoms with Crippen molar-refractivity contribution in [2.45, 2.75) is 20.3 Å². The molecular formula is C14H17N3O. The van der Waals surface area contributed by atoms with Crippen LogP contribution in [0, 0.1) is 6.92 Å². The molecule has 0 amide bonds. The number of aryl methyl sites for hydroxylation is 2. The lowest BCUT2D eigenvalue weighted by Crippen LogP contribution is -1.99. The van der Waals surface area contributed by atoms with Crippen molar-refractivity contribution in [3.63, 3.8) is 0 Å². The predicted molar refractivity (Wildman–Crippen MR) is 72.2 cm³/mol. The highest BCUT2D eigenvalue weighted by atomic mass is 16.5. The predicted octanol–water partition coefficient (Wildman–Crippen LogP) is 3.18. The van der Waals surface area contributed by atoms with Gasteiger partial charge in [0.25, 0.3) is 0 Å². The van der Waals surface area contributed by atoms with Crippen LogP contribution in [-0.4, -0.2) is 17.0 Å². The first-order valence-electron chi connectivity index (χ1n) is 6.01. The molecule has 1 aromatic heterocycles. The van der Waals surface area contributed by atoms with Gasteiger partial charge in [-0.15, -0.1) is 0 Å². The first kappa shape index (κ1) is 12.4. The summed E-state index contributed by atoms with van der Waals surface area (Å²) in [6, 6.07) is 9.84. The Morgan fingerprint density at radius 2 is 2.06 bits per heavy atom. The number of ether oxygens (including phenoxy) is 1. The van der Waals surface area contributed by atoms with Gasteiger partial charge in [0, 0.05) is 18.8 Å². The highest BCUT2D eigenvalue weighted by Crippen LogP contribution is 2.22. The standard InChI is InChI=1S/C14H17N3O/c1-4-11-6-5-7-12(9-11)18-13-8-10(2)16-14(15-3)17-13/h5-9H,4H2,1-3H3,(H,15,16,17). The normalized spacial score (nSPS) is 10.2. The summed E-state index contributed by atoms with van der Waals surface area (Å²) in [5.74, 6) is 1.92. The summed E-state index contributed by atoms with van der Waals surface area (Å²) in [6.45, 7) is 4.03. The van der Waals surface area contributed by atoms with E-state index in [4.69, 9.17) is 4.74 Å². The molecular weight excluding hydrogens is 226 g/mol. The Morgan fingerprint density at radius 1 is 1.22 bits per heavy atom. The molecule has 0 saturated carbocycles. The van der Waals surface area contributed by atoms with Gasteiger partial charge in [-0.05, 0) is 31.0 Å². The van der Waals surface area contributed by atoms with Crippen LogP contribution >= 0.6 is 0 Å². The summed E-state index contributed by atoms with van der Waals surface area (Å²) < 4.78 is 5.75. The molecule has 1 N–H and O–H groups in total. The van der Waals surface area contributed by atoms with E-state index in [2.05, 4.69) is 28.3 Å². The third-order valence-corrected chi connectivity index (χ3v) is 2.58. The molecule has 0 saturated heterocycles. The second kappa shape index (κ2) is 5.49. The first-order valence-corrected chi connectivity index (χ1v) is 6.01. The van der Waals surface area contributed by atoms with Crippen molar-refractivity contribution in [1.82, 2.24) is 9.97 Å². The van der Waals surface area contributed by atoms with Crippen molar-refractivity contribution in [1.29, 1.82) is 0 Å². The van der Waals surface area contributed by atoms with E-state index in [1.807, 2.05) is 31.2 Å². The van der Waals surface area contributed by atoms with Crippen LogP contribution in [0.1, 0.15) is 18.2 Å². The number of aromatic nitrogens is 2. The maximum Gasteiger partial charge on any atom is 0.225 e. The zero-order valence-corrected chi connectivity index (χ0v) is 10.9. The number of nitrogens with one attached hydrogen (secondary N) is 1. The van der Waals surface area contributed by atoms with Crippen LogP contribution in [0.4, 0.5) is 5.95 Å². The average molecular weight is 243 g/mol. The van der Waals surface area contributed by atoms with Gasteiger partial charge in [-0.1, -0.05) is 19.1 Å². The molecule has 0 fully saturated rings. The molecule has 0 radical (unpaired) electrons. The van der Waals surface area contributed by atoms with Gasteiger partial charge in [0.05, 0.1) is 0 Å². The summed E-state index contributed by atoms with van der Waals surface area (Å²) in [6.07, 6.45) is 0.988. The van der Waals surface area contributed by atoms with Crippen molar-refractivity contribution in [2.24, 2.45) is 0 Å². The minimum Gasteiger partial charge on any atom is -0.439 e. The molecule has 0 aliphatic heterocycles. The highest BCUT2D eigenvalue weighted by molar-refractivity contribution is 5.35. The lowest BCUT2D eigenvalue weighted by Gasteiger charge is -2.08. The molecule has 1 aromatic carbocycles. The number of anilines is 1. The summed E-state index contributed by atoms with van der Waals surface area (Å²) in [5.41, 5.74) is 2.11. The van der Waals surface area contributed by atoms with Crippen LogP contribution in [0.5, 0.6) is 11.6 Å². The quantitative estimate of drug-likeness (QED) is 0.895. The molecule has 0 bridgehead atoms. The highest BCUT2D eigenvalue weighted by Gasteiger charge is 2.03. The molecule has 2 rings (SSSR count). The van der Waals surface area contributed by atoms with E-state index in [0.717, 1.165) is 17.9 Å². The van der Waals surface area contributed by atoms with Crippen LogP contribution in [0.3, 0.4) is 0 Å². The second-order valence-electron chi connectivity index (χ2n) is 4.02. The SMILES string of the molecule is CCc1cccc(Oc2cc(C)nc(NC)n2)c1. The van der Waals surface area contributed by atoms with E-state index < -0.39 is 0 Å². The summed E-state index contributed by atoms with van der Waals surface area (Å²) in [4.78, 5) is 8.48. The van der Waals surface area contributed by atoms with Gasteiger partial charge >= 0.3 is 0 Å². The molecule has 0 aliphatic rings. The zero-order chi connectivity index (χ0) is 13.0. The largest absolute Gasteiger partial charge is 0.439 e. The van der Waals surface area contributed by atoms with Crippen LogP contribution < -0.4 is 10.1 Å². The maximum absolute atomic E-state index is 5.75. The number of nitrogens with zero attached hydrogens (tertiary/aromatic N) is 2. The van der Waals surface area contributed by atoms with Crippen molar-refractivity contribution in [3.8, 4) is 11.6 Å². The van der Waals surface area contributed by atoms with Crippen LogP contribution in [-0.2, 0) is 6.42 Å². The Hall–Kier alpha value is -2.10. The minimum atomic E-state index is 0.556. The van der Waals surface area contributed by atoms with Crippen molar-refractivity contribution >= 4 is 5.95 Å². The molecule has 4 nitrogen and oxygen atoms in total. The van der Waals surface area contributed by atoms with Gasteiger partial charge in [0.1, 0.15) is 5.75 Å². The first-order chi connectivity index (χ1) is 8.71. The molecule has 0 atom stereocenters. The fourth-order valence-corrected chi connectivity index (χ4v) is 1.65. The van der Waals surface area contributed by atoms with Crippen LogP contribution in [0.2, 0.25) is 0 Å². The van der Waals surface area contributed by atoms with E-state index in [0.29, 0.717) is 11.8 Å². The Bertz CT molecular complexity index is 540. The second-order valence-corrected chi connectivity index (χ2v) is 4.02. The fraction of sp³-hybridized carbons (Fsp3) is 0.286. The van der Waals surface area contributed by atoms with E-state index >= 15 is 0 Å². The number of benzene rings is 1. The molecule has 2 aromatic rings. The van der Waals surface area contributed by atoms with Gasteiger partial charge in [-0.3, -0.25) is 0 Å². The van der Waals surface area contributed by atoms with Crippen LogP contribution in [0.15, 0.2) is 30.3 Å². The summed E-state index contributed by atoms with van der Waals surface area (Å²) >= 11 is 0. The van der Waals surface area contributed by atoms with Gasteiger partial charge in [0.15, 0.2) is 0 Å². The van der Waals surface area contributed by atoms with Crippen molar-refractivity contribution in [2.75, 3.05) is 12.4 Å². The fourth-order valence-electron chi connectivity index (χ4n) is 1.65. The topological polar surface area (TPSA) is 47.0 Å². The molecule has 0 spiro atoms. The third-order valence-electron chi connectivity index (χ3n) is 2.58. The molecule has 4 heteroatoms. The lowest BCUT2D eigenvalue weighted by molar-refractivity contribution is 0.461. The third kappa shape index (κ3) is 2.97. The monoisotopic (exact) mass is 243 g/mol. The molecule has 18 heavy (non-hydrogen) atoms. The molecule has 94 valence electrons. The Labute approximate surface area is 107 Å². The average Bonchev–Trinajstić information content (AvgIpc) is 2.38. The van der Waals surface area contributed by atoms with Gasteiger partial charge in [-0.2, -0.15) is 4.98 Å². The van der Waals surface area contributed by atoms with Crippen molar-refractivity contribution in [3.05, 3.63) is 41.6 Å². The minimum absolute atomic E-state index is 0.556.